The molecule has 3 rings (SSSR count). The summed E-state index contributed by atoms with van der Waals surface area (Å²) in [6, 6.07) is 5.66. The third kappa shape index (κ3) is 4.24. The van der Waals surface area contributed by atoms with Crippen LogP contribution in [-0.2, 0) is 0 Å². The Morgan fingerprint density at radius 1 is 1.35 bits per heavy atom. The van der Waals surface area contributed by atoms with Crippen LogP contribution in [0.2, 0.25) is 5.02 Å². The van der Waals surface area contributed by atoms with Crippen LogP contribution in [0.4, 0.5) is 0 Å². The number of thioether (sulfide) groups is 1. The van der Waals surface area contributed by atoms with Crippen LogP contribution in [0.1, 0.15) is 55.3 Å². The fourth-order valence-electron chi connectivity index (χ4n) is 4.24. The first kappa shape index (κ1) is 18.7. The minimum atomic E-state index is -0.0250. The molecule has 0 aliphatic heterocycles. The van der Waals surface area contributed by atoms with Gasteiger partial charge in [-0.15, -0.1) is 11.8 Å². The van der Waals surface area contributed by atoms with E-state index in [1.165, 1.54) is 44.9 Å². The molecule has 2 fully saturated rings. The van der Waals surface area contributed by atoms with Crippen molar-refractivity contribution in [1.82, 2.24) is 5.32 Å². The van der Waals surface area contributed by atoms with E-state index < -0.39 is 0 Å². The van der Waals surface area contributed by atoms with Crippen molar-refractivity contribution in [3.63, 3.8) is 0 Å². The van der Waals surface area contributed by atoms with Crippen LogP contribution >= 0.6 is 23.4 Å². The Hall–Kier alpha value is -0.670. The fraction of sp³-hybridized carbons (Fsp3) is 0.579. The molecule has 0 atom stereocenters. The molecule has 126 valence electrons. The monoisotopic (exact) mass is 351 g/mol. The Balaban J connectivity index is 0.00000192. The highest BCUT2D eigenvalue weighted by Gasteiger charge is 2.39. The van der Waals surface area contributed by atoms with Gasteiger partial charge in [0.05, 0.1) is 10.6 Å². The molecule has 0 unspecified atom stereocenters. The quantitative estimate of drug-likeness (QED) is 0.728. The summed E-state index contributed by atoms with van der Waals surface area (Å²) in [5.74, 6) is 0.866. The van der Waals surface area contributed by atoms with E-state index in [2.05, 4.69) is 5.32 Å². The van der Waals surface area contributed by atoms with Gasteiger partial charge in [0, 0.05) is 11.4 Å². The van der Waals surface area contributed by atoms with Gasteiger partial charge in [-0.25, -0.2) is 0 Å². The summed E-state index contributed by atoms with van der Waals surface area (Å²) in [5.41, 5.74) is 0.952. The number of hydrogen-bond donors (Lipinski definition) is 1. The zero-order chi connectivity index (χ0) is 15.6. The highest BCUT2D eigenvalue weighted by Crippen LogP contribution is 2.48. The predicted molar refractivity (Wildman–Crippen MR) is 99.2 cm³/mol. The fourth-order valence-corrected chi connectivity index (χ4v) is 4.88. The lowest BCUT2D eigenvalue weighted by molar-refractivity contribution is 0.0681. The Labute approximate surface area is 149 Å². The van der Waals surface area contributed by atoms with E-state index in [9.17, 15) is 4.79 Å². The summed E-state index contributed by atoms with van der Waals surface area (Å²) in [4.78, 5) is 13.6. The predicted octanol–water partition coefficient (Wildman–Crippen LogP) is 5.48. The molecule has 1 aromatic rings. The van der Waals surface area contributed by atoms with Crippen molar-refractivity contribution in [3.05, 3.63) is 36.2 Å². The maximum absolute atomic E-state index is 12.5. The average molecular weight is 352 g/mol. The molecule has 4 heteroatoms. The van der Waals surface area contributed by atoms with Gasteiger partial charge in [-0.05, 0) is 55.1 Å². The van der Waals surface area contributed by atoms with Gasteiger partial charge in [0.25, 0.3) is 5.91 Å². The van der Waals surface area contributed by atoms with E-state index in [-0.39, 0.29) is 13.3 Å². The van der Waals surface area contributed by atoms with Gasteiger partial charge in [-0.3, -0.25) is 4.79 Å². The second-order valence-electron chi connectivity index (χ2n) is 6.88. The minimum absolute atomic E-state index is 0. The normalized spacial score (nSPS) is 26.3. The topological polar surface area (TPSA) is 29.1 Å². The lowest BCUT2D eigenvalue weighted by Crippen LogP contribution is -2.43. The molecule has 0 aromatic heterocycles. The van der Waals surface area contributed by atoms with E-state index in [1.807, 2.05) is 24.5 Å². The molecule has 0 spiro atoms. The van der Waals surface area contributed by atoms with Crippen molar-refractivity contribution in [1.29, 1.82) is 0 Å². The molecule has 0 heterocycles. The molecule has 2 bridgehead atoms. The molecule has 2 nitrogen and oxygen atoms in total. The first-order valence-corrected chi connectivity index (χ1v) is 9.84. The second kappa shape index (κ2) is 7.94. The number of fused-ring (bicyclic) bond motifs is 2. The maximum Gasteiger partial charge on any atom is 0.252 e. The number of rotatable bonds is 4. The number of carbonyl (C=O) groups excluding carboxylic acids is 1. The van der Waals surface area contributed by atoms with E-state index in [0.717, 1.165) is 17.4 Å². The Morgan fingerprint density at radius 3 is 2.70 bits per heavy atom. The van der Waals surface area contributed by atoms with Crippen LogP contribution in [0.5, 0.6) is 0 Å². The van der Waals surface area contributed by atoms with Crippen LogP contribution in [0.15, 0.2) is 23.1 Å². The SMILES string of the molecule is CSc1ccc(Cl)c(C(=O)NCC23CCCC(CCC2)C3)c1.[CH2]. The van der Waals surface area contributed by atoms with Gasteiger partial charge in [0.2, 0.25) is 0 Å². The molecular weight excluding hydrogens is 326 g/mol. The standard InChI is InChI=1S/C18H24ClNOS.CH2/c1-22-14-6-7-16(19)15(10-14)17(21)20-12-18-8-2-4-13(11-18)5-3-9-18;/h6-7,10,13H,2-5,8-9,11-12H2,1H3,(H,20,21);1H2. The van der Waals surface area contributed by atoms with Gasteiger partial charge in [0.15, 0.2) is 0 Å². The maximum atomic E-state index is 12.5. The van der Waals surface area contributed by atoms with Crippen molar-refractivity contribution in [2.75, 3.05) is 12.8 Å². The highest BCUT2D eigenvalue weighted by molar-refractivity contribution is 7.98. The number of halogens is 1. The molecule has 0 saturated heterocycles. The van der Waals surface area contributed by atoms with Gasteiger partial charge < -0.3 is 5.32 Å². The van der Waals surface area contributed by atoms with Crippen molar-refractivity contribution < 1.29 is 4.79 Å². The Kier molecular flexibility index (Phi) is 6.44. The highest BCUT2D eigenvalue weighted by atomic mass is 35.5. The molecule has 2 saturated carbocycles. The van der Waals surface area contributed by atoms with Gasteiger partial charge in [-0.2, -0.15) is 0 Å². The zero-order valence-electron chi connectivity index (χ0n) is 13.9. The third-order valence-corrected chi connectivity index (χ3v) is 6.46. The van der Waals surface area contributed by atoms with Crippen molar-refractivity contribution >= 4 is 29.3 Å². The van der Waals surface area contributed by atoms with E-state index in [4.69, 9.17) is 11.6 Å². The summed E-state index contributed by atoms with van der Waals surface area (Å²) >= 11 is 7.83. The average Bonchev–Trinajstić information content (AvgIpc) is 2.53. The molecule has 1 N–H and O–H groups in total. The van der Waals surface area contributed by atoms with Gasteiger partial charge in [-0.1, -0.05) is 44.7 Å². The zero-order valence-corrected chi connectivity index (χ0v) is 15.4. The largest absolute Gasteiger partial charge is 0.351 e. The van der Waals surface area contributed by atoms with Gasteiger partial charge >= 0.3 is 0 Å². The summed E-state index contributed by atoms with van der Waals surface area (Å²) < 4.78 is 0. The Bertz CT molecular complexity index is 550. The second-order valence-corrected chi connectivity index (χ2v) is 8.17. The minimum Gasteiger partial charge on any atom is -0.351 e. The summed E-state index contributed by atoms with van der Waals surface area (Å²) in [7, 11) is 0. The number of hydrogen-bond acceptors (Lipinski definition) is 2. The van der Waals surface area contributed by atoms with Crippen LogP contribution in [0.25, 0.3) is 0 Å². The molecular formula is C19H26ClNOS. The molecule has 23 heavy (non-hydrogen) atoms. The van der Waals surface area contributed by atoms with Crippen LogP contribution in [0, 0.1) is 18.8 Å². The number of benzene rings is 1. The lowest BCUT2D eigenvalue weighted by Gasteiger charge is -2.45. The number of amides is 1. The van der Waals surface area contributed by atoms with Crippen molar-refractivity contribution in [2.24, 2.45) is 11.3 Å². The molecule has 1 aromatic carbocycles. The van der Waals surface area contributed by atoms with Crippen LogP contribution in [-0.4, -0.2) is 18.7 Å². The Morgan fingerprint density at radius 2 is 2.04 bits per heavy atom. The first-order chi connectivity index (χ1) is 10.6. The third-order valence-electron chi connectivity index (χ3n) is 5.40. The van der Waals surface area contributed by atoms with Crippen LogP contribution < -0.4 is 5.32 Å². The summed E-state index contributed by atoms with van der Waals surface area (Å²) in [5, 5.41) is 3.71. The van der Waals surface area contributed by atoms with Crippen molar-refractivity contribution in [3.8, 4) is 0 Å². The summed E-state index contributed by atoms with van der Waals surface area (Å²) in [6.45, 7) is 0.808. The molecule has 2 aliphatic rings. The molecule has 2 aliphatic carbocycles. The number of carbonyl (C=O) groups is 1. The van der Waals surface area contributed by atoms with E-state index in [0.29, 0.717) is 16.0 Å². The van der Waals surface area contributed by atoms with E-state index >= 15 is 0 Å². The van der Waals surface area contributed by atoms with Crippen LogP contribution in [0.3, 0.4) is 0 Å². The molecule has 2 radical (unpaired) electrons. The summed E-state index contributed by atoms with van der Waals surface area (Å²) in [6.07, 6.45) is 11.3. The first-order valence-electron chi connectivity index (χ1n) is 8.24. The molecule has 1 amide bonds. The van der Waals surface area contributed by atoms with Crippen molar-refractivity contribution in [2.45, 2.75) is 49.8 Å². The van der Waals surface area contributed by atoms with E-state index in [1.54, 1.807) is 11.8 Å². The number of nitrogens with one attached hydrogen (secondary N) is 1. The van der Waals surface area contributed by atoms with Gasteiger partial charge in [0.1, 0.15) is 0 Å². The smallest absolute Gasteiger partial charge is 0.252 e. The lowest BCUT2D eigenvalue weighted by atomic mass is 9.62.